The predicted molar refractivity (Wildman–Crippen MR) is 89.2 cm³/mol. The number of nitrogens with zero attached hydrogens (tertiary/aromatic N) is 2. The molecule has 1 amide bonds. The number of aromatic nitrogens is 1. The molecule has 3 aromatic rings. The number of nitrogens with two attached hydrogens (primary N) is 1. The van der Waals surface area contributed by atoms with Crippen LogP contribution >= 0.6 is 23.2 Å². The summed E-state index contributed by atoms with van der Waals surface area (Å²) in [6.07, 6.45) is 0. The molecule has 0 radical (unpaired) electrons. The molecule has 0 aliphatic rings. The van der Waals surface area contributed by atoms with Gasteiger partial charge in [0.15, 0.2) is 5.58 Å². The molecule has 0 saturated carbocycles. The van der Waals surface area contributed by atoms with Crippen molar-refractivity contribution in [3.63, 3.8) is 0 Å². The lowest BCUT2D eigenvalue weighted by molar-refractivity contribution is 0.0976. The lowest BCUT2D eigenvalue weighted by Gasteiger charge is -2.04. The van der Waals surface area contributed by atoms with Crippen molar-refractivity contribution < 1.29 is 9.21 Å². The number of hydrogen-bond acceptors (Lipinski definition) is 4. The van der Waals surface area contributed by atoms with Crippen LogP contribution in [0.2, 0.25) is 10.0 Å². The van der Waals surface area contributed by atoms with Crippen LogP contribution in [0.3, 0.4) is 0 Å². The van der Waals surface area contributed by atoms with Gasteiger partial charge in [-0.25, -0.2) is 0 Å². The number of guanidine groups is 1. The highest BCUT2D eigenvalue weighted by Crippen LogP contribution is 2.22. The molecule has 0 spiro atoms. The molecular formula is C15H10Cl2N4O2. The fraction of sp³-hybridized carbons (Fsp3) is 0. The Morgan fingerprint density at radius 3 is 2.70 bits per heavy atom. The van der Waals surface area contributed by atoms with E-state index in [1.807, 2.05) is 12.1 Å². The summed E-state index contributed by atoms with van der Waals surface area (Å²) in [5.41, 5.74) is 7.22. The second-order valence-electron chi connectivity index (χ2n) is 4.54. The normalized spacial score (nSPS) is 11.7. The minimum absolute atomic E-state index is 0.0538. The number of para-hydroxylation sites is 2. The standard InChI is InChI=1S/C15H10Cl2N4O2/c16-9-6-5-8(7-10(9)17)13(22)20-14(18)21-15-19-11-3-1-2-4-12(11)23-15/h1-7H,(H3,18,19,20,21,22). The van der Waals surface area contributed by atoms with Gasteiger partial charge in [0.05, 0.1) is 10.0 Å². The fourth-order valence-corrected chi connectivity index (χ4v) is 2.16. The van der Waals surface area contributed by atoms with Crippen molar-refractivity contribution in [2.75, 3.05) is 0 Å². The van der Waals surface area contributed by atoms with E-state index in [0.29, 0.717) is 21.7 Å². The first-order valence-electron chi connectivity index (χ1n) is 6.49. The van der Waals surface area contributed by atoms with Crippen LogP contribution in [-0.4, -0.2) is 16.9 Å². The Hall–Kier alpha value is -2.57. The molecule has 0 unspecified atom stereocenters. The highest BCUT2D eigenvalue weighted by Gasteiger charge is 2.10. The molecule has 0 saturated heterocycles. The second-order valence-corrected chi connectivity index (χ2v) is 5.36. The van der Waals surface area contributed by atoms with Crippen molar-refractivity contribution in [3.8, 4) is 0 Å². The molecule has 6 nitrogen and oxygen atoms in total. The van der Waals surface area contributed by atoms with Crippen molar-refractivity contribution in [1.29, 1.82) is 0 Å². The number of halogens is 2. The summed E-state index contributed by atoms with van der Waals surface area (Å²) in [7, 11) is 0. The number of nitrogens with one attached hydrogen (secondary N) is 1. The zero-order valence-corrected chi connectivity index (χ0v) is 13.1. The third kappa shape index (κ3) is 3.44. The molecule has 1 aromatic heterocycles. The highest BCUT2D eigenvalue weighted by atomic mass is 35.5. The Morgan fingerprint density at radius 1 is 1.17 bits per heavy atom. The van der Waals surface area contributed by atoms with Crippen molar-refractivity contribution in [1.82, 2.24) is 10.3 Å². The van der Waals surface area contributed by atoms with Gasteiger partial charge < -0.3 is 10.2 Å². The van der Waals surface area contributed by atoms with Gasteiger partial charge in [-0.15, -0.1) is 0 Å². The molecule has 3 N–H and O–H groups in total. The number of aliphatic imine (C=N–C) groups is 1. The molecule has 0 aliphatic heterocycles. The minimum atomic E-state index is -0.471. The van der Waals surface area contributed by atoms with Gasteiger partial charge in [0.2, 0.25) is 5.96 Å². The van der Waals surface area contributed by atoms with E-state index in [2.05, 4.69) is 15.3 Å². The van der Waals surface area contributed by atoms with Crippen LogP contribution in [-0.2, 0) is 0 Å². The van der Waals surface area contributed by atoms with E-state index in [1.165, 1.54) is 18.2 Å². The van der Waals surface area contributed by atoms with Crippen LogP contribution in [0.15, 0.2) is 51.9 Å². The van der Waals surface area contributed by atoms with Crippen molar-refractivity contribution >= 4 is 52.2 Å². The molecule has 1 heterocycles. The Morgan fingerprint density at radius 2 is 1.96 bits per heavy atom. The van der Waals surface area contributed by atoms with E-state index >= 15 is 0 Å². The SMILES string of the molecule is NC(=Nc1nc2ccccc2o1)NC(=O)c1ccc(Cl)c(Cl)c1. The van der Waals surface area contributed by atoms with E-state index < -0.39 is 5.91 Å². The van der Waals surface area contributed by atoms with Crippen LogP contribution in [0.1, 0.15) is 10.4 Å². The summed E-state index contributed by atoms with van der Waals surface area (Å²) in [6, 6.07) is 11.7. The molecule has 3 rings (SSSR count). The highest BCUT2D eigenvalue weighted by molar-refractivity contribution is 6.42. The Labute approximate surface area is 140 Å². The summed E-state index contributed by atoms with van der Waals surface area (Å²) >= 11 is 11.7. The molecule has 0 atom stereocenters. The van der Waals surface area contributed by atoms with Crippen molar-refractivity contribution in [3.05, 3.63) is 58.1 Å². The zero-order chi connectivity index (χ0) is 16.4. The predicted octanol–water partition coefficient (Wildman–Crippen LogP) is 3.51. The molecule has 0 fully saturated rings. The van der Waals surface area contributed by atoms with E-state index in [1.54, 1.807) is 12.1 Å². The summed E-state index contributed by atoms with van der Waals surface area (Å²) in [4.78, 5) is 20.1. The summed E-state index contributed by atoms with van der Waals surface area (Å²) in [5, 5.41) is 3.05. The molecule has 23 heavy (non-hydrogen) atoms. The maximum absolute atomic E-state index is 12.1. The number of carbonyl (C=O) groups is 1. The first-order chi connectivity index (χ1) is 11.0. The molecule has 8 heteroatoms. The van der Waals surface area contributed by atoms with Crippen LogP contribution < -0.4 is 11.1 Å². The van der Waals surface area contributed by atoms with Crippen LogP contribution in [0, 0.1) is 0 Å². The van der Waals surface area contributed by atoms with E-state index in [9.17, 15) is 4.79 Å². The van der Waals surface area contributed by atoms with E-state index in [4.69, 9.17) is 33.4 Å². The van der Waals surface area contributed by atoms with Gasteiger partial charge in [0.1, 0.15) is 5.52 Å². The first kappa shape index (κ1) is 15.3. The lowest BCUT2D eigenvalue weighted by Crippen LogP contribution is -2.36. The number of carbonyl (C=O) groups excluding carboxylic acids is 1. The molecule has 0 bridgehead atoms. The van der Waals surface area contributed by atoms with Crippen LogP contribution in [0.25, 0.3) is 11.1 Å². The van der Waals surface area contributed by atoms with E-state index in [-0.39, 0.29) is 17.0 Å². The van der Waals surface area contributed by atoms with Crippen molar-refractivity contribution in [2.45, 2.75) is 0 Å². The number of amides is 1. The molecule has 2 aromatic carbocycles. The molecule has 116 valence electrons. The van der Waals surface area contributed by atoms with E-state index in [0.717, 1.165) is 0 Å². The van der Waals surface area contributed by atoms with Gasteiger partial charge >= 0.3 is 6.01 Å². The third-order valence-corrected chi connectivity index (χ3v) is 3.66. The Balaban J connectivity index is 1.78. The fourth-order valence-electron chi connectivity index (χ4n) is 1.86. The Kier molecular flexibility index (Phi) is 4.18. The largest absolute Gasteiger partial charge is 0.422 e. The number of benzene rings is 2. The van der Waals surface area contributed by atoms with Gasteiger partial charge in [-0.05, 0) is 30.3 Å². The second kappa shape index (κ2) is 6.28. The maximum atomic E-state index is 12.1. The Bertz CT molecular complexity index is 888. The minimum Gasteiger partial charge on any atom is -0.422 e. The van der Waals surface area contributed by atoms with Gasteiger partial charge in [0, 0.05) is 5.56 Å². The topological polar surface area (TPSA) is 93.5 Å². The molecular weight excluding hydrogens is 339 g/mol. The number of hydrogen-bond donors (Lipinski definition) is 2. The van der Waals surface area contributed by atoms with Crippen LogP contribution in [0.5, 0.6) is 0 Å². The van der Waals surface area contributed by atoms with Crippen molar-refractivity contribution in [2.24, 2.45) is 10.7 Å². The van der Waals surface area contributed by atoms with Gasteiger partial charge in [-0.3, -0.25) is 10.1 Å². The number of oxazole rings is 1. The number of rotatable bonds is 2. The lowest BCUT2D eigenvalue weighted by atomic mass is 10.2. The van der Waals surface area contributed by atoms with Gasteiger partial charge in [-0.1, -0.05) is 35.3 Å². The summed E-state index contributed by atoms with van der Waals surface area (Å²) in [6.45, 7) is 0. The number of fused-ring (bicyclic) bond motifs is 1. The molecule has 0 aliphatic carbocycles. The summed E-state index contributed by atoms with van der Waals surface area (Å²) in [5.74, 6) is -0.617. The first-order valence-corrected chi connectivity index (χ1v) is 7.24. The average molecular weight is 349 g/mol. The quantitative estimate of drug-likeness (QED) is 0.547. The summed E-state index contributed by atoms with van der Waals surface area (Å²) < 4.78 is 5.39. The van der Waals surface area contributed by atoms with Crippen LogP contribution in [0.4, 0.5) is 6.01 Å². The third-order valence-electron chi connectivity index (χ3n) is 2.92. The van der Waals surface area contributed by atoms with Gasteiger partial charge in [0.25, 0.3) is 5.91 Å². The average Bonchev–Trinajstić information content (AvgIpc) is 2.91. The monoisotopic (exact) mass is 348 g/mol. The smallest absolute Gasteiger partial charge is 0.325 e. The van der Waals surface area contributed by atoms with Gasteiger partial charge in [-0.2, -0.15) is 9.98 Å². The maximum Gasteiger partial charge on any atom is 0.325 e. The zero-order valence-electron chi connectivity index (χ0n) is 11.6.